The van der Waals surface area contributed by atoms with Crippen LogP contribution in [-0.4, -0.2) is 28.0 Å². The first-order valence-corrected chi connectivity index (χ1v) is 8.96. The fraction of sp³-hybridized carbons (Fsp3) is 0.263. The first-order chi connectivity index (χ1) is 13.6. The van der Waals surface area contributed by atoms with Gasteiger partial charge in [-0.05, 0) is 30.7 Å². The number of carbonyl (C=O) groups is 3. The van der Waals surface area contributed by atoms with Crippen molar-refractivity contribution in [3.05, 3.63) is 53.7 Å². The first-order valence-electron chi connectivity index (χ1n) is 8.52. The summed E-state index contributed by atoms with van der Waals surface area (Å²) < 4.78 is 40.2. The van der Waals surface area contributed by atoms with Gasteiger partial charge in [0, 0.05) is 11.8 Å². The molecule has 1 unspecified atom stereocenters. The second-order valence-electron chi connectivity index (χ2n) is 5.95. The molecule has 0 radical (unpaired) electrons. The summed E-state index contributed by atoms with van der Waals surface area (Å²) in [4.78, 5) is 40.5. The molecule has 0 aliphatic heterocycles. The van der Waals surface area contributed by atoms with Crippen molar-refractivity contribution in [2.24, 2.45) is 0 Å². The van der Waals surface area contributed by atoms with Gasteiger partial charge in [0.2, 0.25) is 11.8 Å². The second kappa shape index (κ2) is 9.51. The Balaban J connectivity index is 2.31. The SMILES string of the molecule is CCC(Cl)C(=O)Nc1c(C(=O)CC(=O)Nc2ccccn2)cccc1C(F)(F)F. The van der Waals surface area contributed by atoms with Gasteiger partial charge in [-0.1, -0.05) is 19.1 Å². The molecule has 2 amide bonds. The standard InChI is InChI=1S/C19H17ClF3N3O3/c1-2-13(20)18(29)26-17-11(6-5-7-12(17)19(21,22)23)14(27)10-16(28)25-15-8-3-4-9-24-15/h3-9,13H,2,10H2,1H3,(H,26,29)(H,24,25,28). The van der Waals surface area contributed by atoms with Gasteiger partial charge in [0.1, 0.15) is 11.2 Å². The van der Waals surface area contributed by atoms with E-state index < -0.39 is 52.4 Å². The molecule has 1 atom stereocenters. The quantitative estimate of drug-likeness (QED) is 0.392. The van der Waals surface area contributed by atoms with Crippen LogP contribution in [0.15, 0.2) is 42.6 Å². The Kier molecular flexibility index (Phi) is 7.33. The van der Waals surface area contributed by atoms with Crippen LogP contribution < -0.4 is 10.6 Å². The Hall–Kier alpha value is -2.94. The predicted octanol–water partition coefficient (Wildman–Crippen LogP) is 4.27. The van der Waals surface area contributed by atoms with E-state index in [-0.39, 0.29) is 12.2 Å². The smallest absolute Gasteiger partial charge is 0.324 e. The van der Waals surface area contributed by atoms with Crippen molar-refractivity contribution in [2.45, 2.75) is 31.3 Å². The fourth-order valence-electron chi connectivity index (χ4n) is 2.41. The van der Waals surface area contributed by atoms with E-state index in [1.54, 1.807) is 19.1 Å². The summed E-state index contributed by atoms with van der Waals surface area (Å²) in [5.74, 6) is -2.34. The van der Waals surface area contributed by atoms with Gasteiger partial charge >= 0.3 is 6.18 Å². The molecule has 2 rings (SSSR count). The summed E-state index contributed by atoms with van der Waals surface area (Å²) >= 11 is 5.79. The van der Waals surface area contributed by atoms with Gasteiger partial charge < -0.3 is 10.6 Å². The summed E-state index contributed by atoms with van der Waals surface area (Å²) in [6, 6.07) is 7.59. The molecule has 0 aliphatic carbocycles. The molecule has 29 heavy (non-hydrogen) atoms. The van der Waals surface area contributed by atoms with Crippen LogP contribution in [0.2, 0.25) is 0 Å². The van der Waals surface area contributed by atoms with Crippen LogP contribution in [0.4, 0.5) is 24.7 Å². The predicted molar refractivity (Wildman–Crippen MR) is 102 cm³/mol. The number of Topliss-reactive ketones (excluding diaryl/α,β-unsaturated/α-hetero) is 1. The van der Waals surface area contributed by atoms with Crippen LogP contribution in [-0.2, 0) is 15.8 Å². The van der Waals surface area contributed by atoms with E-state index in [2.05, 4.69) is 15.6 Å². The molecule has 0 fully saturated rings. The fourth-order valence-corrected chi connectivity index (χ4v) is 2.46. The molecule has 0 aliphatic rings. The lowest BCUT2D eigenvalue weighted by Gasteiger charge is -2.18. The lowest BCUT2D eigenvalue weighted by Crippen LogP contribution is -2.26. The largest absolute Gasteiger partial charge is 0.418 e. The van der Waals surface area contributed by atoms with Crippen molar-refractivity contribution in [1.82, 2.24) is 4.98 Å². The Morgan fingerprint density at radius 3 is 2.41 bits per heavy atom. The van der Waals surface area contributed by atoms with Crippen LogP contribution in [0.1, 0.15) is 35.7 Å². The summed E-state index contributed by atoms with van der Waals surface area (Å²) in [6.45, 7) is 1.58. The average Bonchev–Trinajstić information content (AvgIpc) is 2.67. The Morgan fingerprint density at radius 1 is 1.10 bits per heavy atom. The number of ketones is 1. The van der Waals surface area contributed by atoms with Gasteiger partial charge in [-0.25, -0.2) is 4.98 Å². The van der Waals surface area contributed by atoms with Gasteiger partial charge in [-0.15, -0.1) is 11.6 Å². The lowest BCUT2D eigenvalue weighted by molar-refractivity contribution is -0.137. The monoisotopic (exact) mass is 427 g/mol. The van der Waals surface area contributed by atoms with Crippen molar-refractivity contribution in [3.8, 4) is 0 Å². The number of carbonyl (C=O) groups excluding carboxylic acids is 3. The van der Waals surface area contributed by atoms with Crippen LogP contribution in [0.25, 0.3) is 0 Å². The summed E-state index contributed by atoms with van der Waals surface area (Å²) in [6.07, 6.45) is -3.96. The zero-order chi connectivity index (χ0) is 21.6. The van der Waals surface area contributed by atoms with E-state index in [1.807, 2.05) is 0 Å². The third-order valence-corrected chi connectivity index (χ3v) is 4.32. The third-order valence-electron chi connectivity index (χ3n) is 3.81. The molecule has 2 aromatic rings. The highest BCUT2D eigenvalue weighted by molar-refractivity contribution is 6.32. The third kappa shape index (κ3) is 6.02. The van der Waals surface area contributed by atoms with E-state index in [1.165, 1.54) is 12.3 Å². The summed E-state index contributed by atoms with van der Waals surface area (Å²) in [5.41, 5.74) is -2.37. The van der Waals surface area contributed by atoms with Crippen LogP contribution in [0.3, 0.4) is 0 Å². The Bertz CT molecular complexity index is 905. The highest BCUT2D eigenvalue weighted by atomic mass is 35.5. The molecule has 0 spiro atoms. The van der Waals surface area contributed by atoms with E-state index in [0.717, 1.165) is 18.2 Å². The molecule has 1 aromatic heterocycles. The molecule has 1 heterocycles. The Morgan fingerprint density at radius 2 is 1.83 bits per heavy atom. The van der Waals surface area contributed by atoms with Gasteiger partial charge in [0.05, 0.1) is 17.7 Å². The zero-order valence-corrected chi connectivity index (χ0v) is 16.0. The molecule has 0 saturated carbocycles. The van der Waals surface area contributed by atoms with Crippen molar-refractivity contribution < 1.29 is 27.6 Å². The number of para-hydroxylation sites is 1. The molecule has 0 bridgehead atoms. The van der Waals surface area contributed by atoms with Crippen molar-refractivity contribution in [2.75, 3.05) is 10.6 Å². The number of alkyl halides is 4. The number of pyridine rings is 1. The number of halogens is 4. The van der Waals surface area contributed by atoms with E-state index in [9.17, 15) is 27.6 Å². The van der Waals surface area contributed by atoms with Crippen molar-refractivity contribution in [3.63, 3.8) is 0 Å². The first kappa shape index (κ1) is 22.4. The van der Waals surface area contributed by atoms with Crippen LogP contribution >= 0.6 is 11.6 Å². The highest BCUT2D eigenvalue weighted by Crippen LogP contribution is 2.37. The molecular formula is C19H17ClF3N3O3. The number of amides is 2. The van der Waals surface area contributed by atoms with Gasteiger partial charge in [-0.2, -0.15) is 13.2 Å². The molecule has 154 valence electrons. The summed E-state index contributed by atoms with van der Waals surface area (Å²) in [7, 11) is 0. The number of anilines is 2. The summed E-state index contributed by atoms with van der Waals surface area (Å²) in [5, 5.41) is 3.38. The minimum Gasteiger partial charge on any atom is -0.324 e. The maximum atomic E-state index is 13.4. The molecule has 2 N–H and O–H groups in total. The number of nitrogens with one attached hydrogen (secondary N) is 2. The second-order valence-corrected chi connectivity index (χ2v) is 6.48. The van der Waals surface area contributed by atoms with E-state index >= 15 is 0 Å². The van der Waals surface area contributed by atoms with Gasteiger partial charge in [0.15, 0.2) is 5.78 Å². The number of benzene rings is 1. The number of hydrogen-bond acceptors (Lipinski definition) is 4. The minimum atomic E-state index is -4.83. The minimum absolute atomic E-state index is 0.178. The van der Waals surface area contributed by atoms with Crippen molar-refractivity contribution >= 4 is 40.7 Å². The van der Waals surface area contributed by atoms with Crippen molar-refractivity contribution in [1.29, 1.82) is 0 Å². The zero-order valence-electron chi connectivity index (χ0n) is 15.2. The highest BCUT2D eigenvalue weighted by Gasteiger charge is 2.36. The van der Waals surface area contributed by atoms with Gasteiger partial charge in [-0.3, -0.25) is 14.4 Å². The number of rotatable bonds is 7. The van der Waals surface area contributed by atoms with E-state index in [4.69, 9.17) is 11.6 Å². The maximum Gasteiger partial charge on any atom is 0.418 e. The molecule has 6 nitrogen and oxygen atoms in total. The molecule has 0 saturated heterocycles. The molecule has 1 aromatic carbocycles. The number of nitrogens with zero attached hydrogens (tertiary/aromatic N) is 1. The lowest BCUT2D eigenvalue weighted by atomic mass is 10.0. The number of aromatic nitrogens is 1. The topological polar surface area (TPSA) is 88.2 Å². The van der Waals surface area contributed by atoms with Crippen LogP contribution in [0, 0.1) is 0 Å². The molecule has 10 heteroatoms. The molecular weight excluding hydrogens is 411 g/mol. The normalized spacial score (nSPS) is 12.2. The van der Waals surface area contributed by atoms with Gasteiger partial charge in [0.25, 0.3) is 0 Å². The van der Waals surface area contributed by atoms with E-state index in [0.29, 0.717) is 0 Å². The average molecular weight is 428 g/mol. The number of hydrogen-bond donors (Lipinski definition) is 2. The Labute approximate surface area is 169 Å². The maximum absolute atomic E-state index is 13.4. The van der Waals surface area contributed by atoms with Crippen LogP contribution in [0.5, 0.6) is 0 Å².